The summed E-state index contributed by atoms with van der Waals surface area (Å²) < 4.78 is 14.1. The van der Waals surface area contributed by atoms with Crippen LogP contribution >= 0.6 is 11.6 Å². The third-order valence-corrected chi connectivity index (χ3v) is 3.58. The van der Waals surface area contributed by atoms with Crippen LogP contribution in [0.4, 0.5) is 15.9 Å². The number of nitrogens with two attached hydrogens (primary N) is 2. The standard InChI is InChI=1S/C16H12ClFN4/c17-12-8-21-6-5-9(12)11-7-14(19)16(20)22-15(11)10-3-1-2-4-13(10)18/h1-8H,19H2,(H2,20,22). The first-order valence-electron chi connectivity index (χ1n) is 6.48. The lowest BCUT2D eigenvalue weighted by Crippen LogP contribution is -2.02. The predicted octanol–water partition coefficient (Wildman–Crippen LogP) is 3.77. The first-order valence-corrected chi connectivity index (χ1v) is 6.86. The quantitative estimate of drug-likeness (QED) is 0.754. The van der Waals surface area contributed by atoms with Crippen molar-refractivity contribution in [2.75, 3.05) is 11.5 Å². The number of rotatable bonds is 2. The molecule has 22 heavy (non-hydrogen) atoms. The van der Waals surface area contributed by atoms with Gasteiger partial charge in [-0.15, -0.1) is 0 Å². The highest BCUT2D eigenvalue weighted by Gasteiger charge is 2.17. The van der Waals surface area contributed by atoms with E-state index in [9.17, 15) is 4.39 Å². The van der Waals surface area contributed by atoms with Gasteiger partial charge in [0.25, 0.3) is 0 Å². The summed E-state index contributed by atoms with van der Waals surface area (Å²) in [5, 5.41) is 0.422. The van der Waals surface area contributed by atoms with Crippen molar-refractivity contribution in [1.82, 2.24) is 9.97 Å². The van der Waals surface area contributed by atoms with E-state index < -0.39 is 5.82 Å². The third-order valence-electron chi connectivity index (χ3n) is 3.27. The molecule has 6 heteroatoms. The average Bonchev–Trinajstić information content (AvgIpc) is 2.51. The number of aromatic nitrogens is 2. The van der Waals surface area contributed by atoms with E-state index in [1.165, 1.54) is 12.3 Å². The van der Waals surface area contributed by atoms with Crippen molar-refractivity contribution in [3.63, 3.8) is 0 Å². The van der Waals surface area contributed by atoms with Crippen LogP contribution in [0.15, 0.2) is 48.8 Å². The van der Waals surface area contributed by atoms with Crippen LogP contribution in [0.3, 0.4) is 0 Å². The van der Waals surface area contributed by atoms with Gasteiger partial charge in [-0.05, 0) is 24.3 Å². The molecular formula is C16H12ClFN4. The van der Waals surface area contributed by atoms with Crippen LogP contribution in [0.5, 0.6) is 0 Å². The van der Waals surface area contributed by atoms with Crippen molar-refractivity contribution in [3.8, 4) is 22.4 Å². The van der Waals surface area contributed by atoms with Crippen LogP contribution in [0.25, 0.3) is 22.4 Å². The summed E-state index contributed by atoms with van der Waals surface area (Å²) in [6.07, 6.45) is 3.10. The van der Waals surface area contributed by atoms with Crippen molar-refractivity contribution in [2.45, 2.75) is 0 Å². The third kappa shape index (κ3) is 2.46. The van der Waals surface area contributed by atoms with Crippen molar-refractivity contribution in [3.05, 3.63) is 59.6 Å². The number of anilines is 2. The lowest BCUT2D eigenvalue weighted by molar-refractivity contribution is 0.631. The fourth-order valence-electron chi connectivity index (χ4n) is 2.20. The molecule has 0 saturated heterocycles. The van der Waals surface area contributed by atoms with Crippen LogP contribution in [0.1, 0.15) is 0 Å². The van der Waals surface area contributed by atoms with Gasteiger partial charge in [0.05, 0.1) is 16.4 Å². The Morgan fingerprint density at radius 1 is 1.00 bits per heavy atom. The Labute approximate surface area is 131 Å². The average molecular weight is 315 g/mol. The van der Waals surface area contributed by atoms with E-state index in [1.54, 1.807) is 36.5 Å². The number of nitrogens with zero attached hydrogens (tertiary/aromatic N) is 2. The highest BCUT2D eigenvalue weighted by Crippen LogP contribution is 2.37. The molecule has 4 nitrogen and oxygen atoms in total. The minimum absolute atomic E-state index is 0.146. The maximum absolute atomic E-state index is 14.1. The van der Waals surface area contributed by atoms with Gasteiger partial charge in [0.15, 0.2) is 0 Å². The summed E-state index contributed by atoms with van der Waals surface area (Å²) in [6, 6.07) is 9.70. The smallest absolute Gasteiger partial charge is 0.147 e. The van der Waals surface area contributed by atoms with Crippen LogP contribution in [-0.2, 0) is 0 Å². The maximum Gasteiger partial charge on any atom is 0.147 e. The van der Waals surface area contributed by atoms with E-state index in [0.29, 0.717) is 33.1 Å². The van der Waals surface area contributed by atoms with Crippen molar-refractivity contribution in [2.24, 2.45) is 0 Å². The normalized spacial score (nSPS) is 10.6. The number of halogens is 2. The van der Waals surface area contributed by atoms with Gasteiger partial charge in [0.1, 0.15) is 11.6 Å². The van der Waals surface area contributed by atoms with E-state index in [-0.39, 0.29) is 5.82 Å². The molecule has 110 valence electrons. The van der Waals surface area contributed by atoms with Crippen molar-refractivity contribution >= 4 is 23.1 Å². The van der Waals surface area contributed by atoms with Crippen LogP contribution in [0, 0.1) is 5.82 Å². The Morgan fingerprint density at radius 2 is 1.77 bits per heavy atom. The Bertz CT molecular complexity index is 781. The zero-order valence-electron chi connectivity index (χ0n) is 11.4. The van der Waals surface area contributed by atoms with Crippen LogP contribution in [0.2, 0.25) is 5.02 Å². The van der Waals surface area contributed by atoms with Gasteiger partial charge in [-0.25, -0.2) is 9.37 Å². The molecule has 0 saturated carbocycles. The molecular weight excluding hydrogens is 303 g/mol. The first kappa shape index (κ1) is 14.3. The molecule has 0 unspecified atom stereocenters. The summed E-state index contributed by atoms with van der Waals surface area (Å²) in [5.41, 5.74) is 13.9. The fraction of sp³-hybridized carbons (Fsp3) is 0. The van der Waals surface area contributed by atoms with Gasteiger partial charge in [0, 0.05) is 29.1 Å². The van der Waals surface area contributed by atoms with Gasteiger partial charge >= 0.3 is 0 Å². The Morgan fingerprint density at radius 3 is 2.50 bits per heavy atom. The molecule has 0 aliphatic heterocycles. The van der Waals surface area contributed by atoms with E-state index in [1.807, 2.05) is 0 Å². The van der Waals surface area contributed by atoms with Crippen LogP contribution < -0.4 is 11.5 Å². The number of hydrogen-bond donors (Lipinski definition) is 2. The predicted molar refractivity (Wildman–Crippen MR) is 86.7 cm³/mol. The lowest BCUT2D eigenvalue weighted by Gasteiger charge is -2.13. The topological polar surface area (TPSA) is 77.8 Å². The minimum atomic E-state index is -0.398. The van der Waals surface area contributed by atoms with Gasteiger partial charge in [0.2, 0.25) is 0 Å². The molecule has 1 aromatic carbocycles. The molecule has 2 heterocycles. The van der Waals surface area contributed by atoms with Crippen LogP contribution in [-0.4, -0.2) is 9.97 Å². The van der Waals surface area contributed by atoms with Crippen molar-refractivity contribution < 1.29 is 4.39 Å². The second-order valence-corrected chi connectivity index (χ2v) is 5.10. The van der Waals surface area contributed by atoms with E-state index in [0.717, 1.165) is 0 Å². The molecule has 3 aromatic rings. The highest BCUT2D eigenvalue weighted by atomic mass is 35.5. The summed E-state index contributed by atoms with van der Waals surface area (Å²) >= 11 is 6.19. The van der Waals surface area contributed by atoms with E-state index in [2.05, 4.69) is 9.97 Å². The molecule has 0 bridgehead atoms. The van der Waals surface area contributed by atoms with Gasteiger partial charge in [-0.3, -0.25) is 4.98 Å². The summed E-state index contributed by atoms with van der Waals surface area (Å²) in [6.45, 7) is 0. The summed E-state index contributed by atoms with van der Waals surface area (Å²) in [7, 11) is 0. The zero-order valence-corrected chi connectivity index (χ0v) is 12.2. The molecule has 0 radical (unpaired) electrons. The minimum Gasteiger partial charge on any atom is -0.396 e. The number of nitrogen functional groups attached to an aromatic ring is 2. The molecule has 0 atom stereocenters. The summed E-state index contributed by atoms with van der Waals surface area (Å²) in [4.78, 5) is 8.20. The maximum atomic E-state index is 14.1. The number of hydrogen-bond acceptors (Lipinski definition) is 4. The summed E-state index contributed by atoms with van der Waals surface area (Å²) in [5.74, 6) is -0.252. The molecule has 3 rings (SSSR count). The molecule has 0 aliphatic rings. The van der Waals surface area contributed by atoms with E-state index in [4.69, 9.17) is 23.1 Å². The second-order valence-electron chi connectivity index (χ2n) is 4.69. The molecule has 0 spiro atoms. The largest absolute Gasteiger partial charge is 0.396 e. The molecule has 0 amide bonds. The molecule has 4 N–H and O–H groups in total. The zero-order chi connectivity index (χ0) is 15.7. The molecule has 0 aliphatic carbocycles. The Balaban J connectivity index is 2.33. The monoisotopic (exact) mass is 314 g/mol. The van der Waals surface area contributed by atoms with Crippen molar-refractivity contribution in [1.29, 1.82) is 0 Å². The Kier molecular flexibility index (Phi) is 3.65. The SMILES string of the molecule is Nc1cc(-c2ccncc2Cl)c(-c2ccccc2F)nc1N. The van der Waals surface area contributed by atoms with Gasteiger partial charge < -0.3 is 11.5 Å². The molecule has 0 fully saturated rings. The lowest BCUT2D eigenvalue weighted by atomic mass is 9.99. The fourth-order valence-corrected chi connectivity index (χ4v) is 2.42. The number of benzene rings is 1. The Hall–Kier alpha value is -2.66. The molecule has 2 aromatic heterocycles. The number of pyridine rings is 2. The van der Waals surface area contributed by atoms with Gasteiger partial charge in [-0.1, -0.05) is 23.7 Å². The van der Waals surface area contributed by atoms with Gasteiger partial charge in [-0.2, -0.15) is 0 Å². The first-order chi connectivity index (χ1) is 10.6. The highest BCUT2D eigenvalue weighted by molar-refractivity contribution is 6.33. The van der Waals surface area contributed by atoms with E-state index >= 15 is 0 Å². The second kappa shape index (κ2) is 5.61.